The van der Waals surface area contributed by atoms with Gasteiger partial charge >= 0.3 is 0 Å². The van der Waals surface area contributed by atoms with Crippen LogP contribution in [0.5, 0.6) is 0 Å². The van der Waals surface area contributed by atoms with Gasteiger partial charge in [-0.2, -0.15) is 0 Å². The second-order valence-electron chi connectivity index (χ2n) is 4.92. The third kappa shape index (κ3) is 3.52. The zero-order valence-corrected chi connectivity index (χ0v) is 13.3. The monoisotopic (exact) mass is 320 g/mol. The SMILES string of the molecule is C=CCN(C(=S)Nc1ccc2nccnc2c1)c1ccccc1. The lowest BCUT2D eigenvalue weighted by Gasteiger charge is -2.24. The second-order valence-corrected chi connectivity index (χ2v) is 5.31. The molecular formula is C18H16N4S. The average molecular weight is 320 g/mol. The highest BCUT2D eigenvalue weighted by Gasteiger charge is 2.11. The van der Waals surface area contributed by atoms with Gasteiger partial charge in [-0.3, -0.25) is 9.97 Å². The Kier molecular flexibility index (Phi) is 4.59. The molecule has 0 aliphatic carbocycles. The van der Waals surface area contributed by atoms with Crippen LogP contribution in [-0.4, -0.2) is 21.6 Å². The fraction of sp³-hybridized carbons (Fsp3) is 0.0556. The number of rotatable bonds is 4. The van der Waals surface area contributed by atoms with Gasteiger partial charge in [-0.05, 0) is 42.5 Å². The Hall–Kier alpha value is -2.79. The molecule has 0 bridgehead atoms. The van der Waals surface area contributed by atoms with Gasteiger partial charge in [-0.1, -0.05) is 24.3 Å². The molecule has 23 heavy (non-hydrogen) atoms. The Balaban J connectivity index is 1.84. The molecule has 2 aromatic carbocycles. The van der Waals surface area contributed by atoms with Crippen LogP contribution >= 0.6 is 12.2 Å². The Labute approximate surface area is 140 Å². The van der Waals surface area contributed by atoms with Gasteiger partial charge in [-0.15, -0.1) is 6.58 Å². The van der Waals surface area contributed by atoms with Crippen molar-refractivity contribution in [1.29, 1.82) is 0 Å². The molecule has 0 aliphatic rings. The molecule has 3 rings (SSSR count). The first-order valence-corrected chi connectivity index (χ1v) is 7.64. The fourth-order valence-corrected chi connectivity index (χ4v) is 2.57. The van der Waals surface area contributed by atoms with E-state index in [1.165, 1.54) is 0 Å². The summed E-state index contributed by atoms with van der Waals surface area (Å²) < 4.78 is 0. The zero-order valence-electron chi connectivity index (χ0n) is 12.5. The first-order valence-electron chi connectivity index (χ1n) is 7.23. The van der Waals surface area contributed by atoms with Crippen LogP contribution in [0.15, 0.2) is 73.6 Å². The Bertz CT molecular complexity index is 833. The summed E-state index contributed by atoms with van der Waals surface area (Å²) in [5, 5.41) is 3.87. The maximum atomic E-state index is 5.56. The lowest BCUT2D eigenvalue weighted by atomic mass is 10.2. The molecule has 4 nitrogen and oxygen atoms in total. The number of hydrogen-bond donors (Lipinski definition) is 1. The molecule has 1 heterocycles. The van der Waals surface area contributed by atoms with E-state index in [0.717, 1.165) is 22.4 Å². The molecule has 1 N–H and O–H groups in total. The van der Waals surface area contributed by atoms with E-state index >= 15 is 0 Å². The summed E-state index contributed by atoms with van der Waals surface area (Å²) in [5.41, 5.74) is 3.59. The van der Waals surface area contributed by atoms with E-state index < -0.39 is 0 Å². The molecule has 0 unspecified atom stereocenters. The molecule has 3 aromatic rings. The molecule has 0 fully saturated rings. The predicted molar refractivity (Wildman–Crippen MR) is 99.7 cm³/mol. The molecule has 0 atom stereocenters. The van der Waals surface area contributed by atoms with Crippen LogP contribution in [0.3, 0.4) is 0 Å². The lowest BCUT2D eigenvalue weighted by Crippen LogP contribution is -2.34. The van der Waals surface area contributed by atoms with E-state index in [2.05, 4.69) is 21.9 Å². The Morgan fingerprint density at radius 3 is 2.57 bits per heavy atom. The van der Waals surface area contributed by atoms with Crippen LogP contribution in [0.4, 0.5) is 11.4 Å². The summed E-state index contributed by atoms with van der Waals surface area (Å²) in [6.45, 7) is 4.44. The van der Waals surface area contributed by atoms with Gasteiger partial charge in [0.1, 0.15) is 0 Å². The van der Waals surface area contributed by atoms with E-state index in [4.69, 9.17) is 12.2 Å². The Morgan fingerprint density at radius 2 is 1.83 bits per heavy atom. The number of anilines is 2. The standard InChI is InChI=1S/C18H16N4S/c1-2-12-22(15-6-4-3-5-7-15)18(23)21-14-8-9-16-17(13-14)20-11-10-19-16/h2-11,13H,1,12H2,(H,21,23). The quantitative estimate of drug-likeness (QED) is 0.581. The summed E-state index contributed by atoms with van der Waals surface area (Å²) in [6, 6.07) is 15.8. The van der Waals surface area contributed by atoms with Gasteiger partial charge in [0.2, 0.25) is 0 Å². The van der Waals surface area contributed by atoms with Gasteiger partial charge in [-0.25, -0.2) is 0 Å². The minimum Gasteiger partial charge on any atom is -0.332 e. The normalized spacial score (nSPS) is 10.3. The van der Waals surface area contributed by atoms with Crippen LogP contribution in [0.25, 0.3) is 11.0 Å². The molecule has 5 heteroatoms. The minimum absolute atomic E-state index is 0.611. The molecule has 1 aromatic heterocycles. The highest BCUT2D eigenvalue weighted by atomic mass is 32.1. The van der Waals surface area contributed by atoms with Gasteiger partial charge in [0, 0.05) is 30.3 Å². The van der Waals surface area contributed by atoms with Crippen molar-refractivity contribution in [1.82, 2.24) is 9.97 Å². The number of nitrogens with zero attached hydrogens (tertiary/aromatic N) is 3. The van der Waals surface area contributed by atoms with Crippen LogP contribution in [0, 0.1) is 0 Å². The molecular weight excluding hydrogens is 304 g/mol. The predicted octanol–water partition coefficient (Wildman–Crippen LogP) is 4.02. The number of benzene rings is 2. The zero-order chi connectivity index (χ0) is 16.1. The van der Waals surface area contributed by atoms with Gasteiger partial charge < -0.3 is 10.2 Å². The van der Waals surface area contributed by atoms with E-state index in [-0.39, 0.29) is 0 Å². The maximum Gasteiger partial charge on any atom is 0.178 e. The maximum absolute atomic E-state index is 5.56. The summed E-state index contributed by atoms with van der Waals surface area (Å²) in [7, 11) is 0. The minimum atomic E-state index is 0.611. The van der Waals surface area contributed by atoms with Crippen molar-refractivity contribution in [2.24, 2.45) is 0 Å². The van der Waals surface area contributed by atoms with E-state index in [9.17, 15) is 0 Å². The van der Waals surface area contributed by atoms with Crippen LogP contribution in [0.2, 0.25) is 0 Å². The summed E-state index contributed by atoms with van der Waals surface area (Å²) >= 11 is 5.56. The van der Waals surface area contributed by atoms with Gasteiger partial charge in [0.05, 0.1) is 11.0 Å². The summed E-state index contributed by atoms with van der Waals surface area (Å²) in [5.74, 6) is 0. The van der Waals surface area contributed by atoms with Crippen LogP contribution in [0.1, 0.15) is 0 Å². The van der Waals surface area contributed by atoms with E-state index in [1.807, 2.05) is 59.5 Å². The van der Waals surface area contributed by atoms with Crippen molar-refractivity contribution in [3.8, 4) is 0 Å². The first-order chi connectivity index (χ1) is 11.3. The van der Waals surface area contributed by atoms with Gasteiger partial charge in [0.15, 0.2) is 5.11 Å². The second kappa shape index (κ2) is 6.98. The highest BCUT2D eigenvalue weighted by Crippen LogP contribution is 2.18. The highest BCUT2D eigenvalue weighted by molar-refractivity contribution is 7.80. The number of aromatic nitrogens is 2. The third-order valence-electron chi connectivity index (χ3n) is 3.35. The average Bonchev–Trinajstić information content (AvgIpc) is 2.60. The number of thiocarbonyl (C=S) groups is 1. The molecule has 0 radical (unpaired) electrons. The van der Waals surface area contributed by atoms with E-state index in [0.29, 0.717) is 11.7 Å². The fourth-order valence-electron chi connectivity index (χ4n) is 2.27. The topological polar surface area (TPSA) is 41.0 Å². The van der Waals surface area contributed by atoms with Gasteiger partial charge in [0.25, 0.3) is 0 Å². The molecule has 0 saturated carbocycles. The molecule has 114 valence electrons. The van der Waals surface area contributed by atoms with Crippen LogP contribution < -0.4 is 10.2 Å². The van der Waals surface area contributed by atoms with E-state index in [1.54, 1.807) is 12.4 Å². The van der Waals surface area contributed by atoms with Crippen LogP contribution in [-0.2, 0) is 0 Å². The smallest absolute Gasteiger partial charge is 0.178 e. The van der Waals surface area contributed by atoms with Crippen molar-refractivity contribution < 1.29 is 0 Å². The molecule has 0 spiro atoms. The van der Waals surface area contributed by atoms with Crippen molar-refractivity contribution in [2.75, 3.05) is 16.8 Å². The molecule has 0 saturated heterocycles. The first kappa shape index (κ1) is 15.1. The summed E-state index contributed by atoms with van der Waals surface area (Å²) in [6.07, 6.45) is 5.19. The van der Waals surface area contributed by atoms with Crippen molar-refractivity contribution in [3.05, 3.63) is 73.6 Å². The largest absolute Gasteiger partial charge is 0.332 e. The van der Waals surface area contributed by atoms with Crippen molar-refractivity contribution in [3.63, 3.8) is 0 Å². The number of hydrogen-bond acceptors (Lipinski definition) is 3. The van der Waals surface area contributed by atoms with Crippen molar-refractivity contribution >= 4 is 39.7 Å². The number of para-hydroxylation sites is 1. The number of fused-ring (bicyclic) bond motifs is 1. The number of nitrogens with one attached hydrogen (secondary N) is 1. The molecule has 0 aliphatic heterocycles. The third-order valence-corrected chi connectivity index (χ3v) is 3.67. The molecule has 0 amide bonds. The van der Waals surface area contributed by atoms with Crippen molar-refractivity contribution in [2.45, 2.75) is 0 Å². The Morgan fingerprint density at radius 1 is 1.09 bits per heavy atom. The summed E-state index contributed by atoms with van der Waals surface area (Å²) in [4.78, 5) is 10.6. The lowest BCUT2D eigenvalue weighted by molar-refractivity contribution is 1.15.